The van der Waals surface area contributed by atoms with Crippen LogP contribution in [0.4, 0.5) is 5.69 Å². The van der Waals surface area contributed by atoms with Gasteiger partial charge in [-0.1, -0.05) is 23.4 Å². The van der Waals surface area contributed by atoms with Crippen molar-refractivity contribution in [3.05, 3.63) is 28.8 Å². The number of aryl methyl sites for hydroxylation is 1. The van der Waals surface area contributed by atoms with E-state index < -0.39 is 0 Å². The zero-order valence-corrected chi connectivity index (χ0v) is 14.7. The van der Waals surface area contributed by atoms with Gasteiger partial charge in [-0.15, -0.1) is 0 Å². The first-order valence-electron chi connectivity index (χ1n) is 7.30. The van der Waals surface area contributed by atoms with Crippen LogP contribution in [0.1, 0.15) is 25.3 Å². The van der Waals surface area contributed by atoms with Crippen molar-refractivity contribution in [1.29, 1.82) is 0 Å². The maximum Gasteiger partial charge on any atom is 0.302 e. The molecule has 22 heavy (non-hydrogen) atoms. The summed E-state index contributed by atoms with van der Waals surface area (Å²) in [4.78, 5) is 18.0. The summed E-state index contributed by atoms with van der Waals surface area (Å²) in [5.41, 5.74) is 2.00. The van der Waals surface area contributed by atoms with Crippen molar-refractivity contribution in [2.45, 2.75) is 32.8 Å². The third-order valence-electron chi connectivity index (χ3n) is 3.60. The summed E-state index contributed by atoms with van der Waals surface area (Å²) in [7, 11) is 0. The Bertz CT molecular complexity index is 569. The molecule has 1 aromatic rings. The predicted octanol–water partition coefficient (Wildman–Crippen LogP) is 4.03. The Kier molecular flexibility index (Phi) is 6.15. The number of carbonyl (C=O) groups excluding carboxylic acids is 1. The van der Waals surface area contributed by atoms with Crippen molar-refractivity contribution in [3.63, 3.8) is 0 Å². The van der Waals surface area contributed by atoms with Crippen LogP contribution in [0.15, 0.2) is 23.2 Å². The first kappa shape index (κ1) is 17.2. The lowest BCUT2D eigenvalue weighted by Crippen LogP contribution is -2.40. The Morgan fingerprint density at radius 3 is 2.64 bits per heavy atom. The number of esters is 1. The minimum atomic E-state index is -0.200. The van der Waals surface area contributed by atoms with Crippen LogP contribution in [0.25, 0.3) is 0 Å². The number of rotatable bonds is 2. The highest BCUT2D eigenvalue weighted by Crippen LogP contribution is 2.25. The molecule has 1 aromatic carbocycles. The molecule has 0 N–H and O–H groups in total. The fourth-order valence-corrected chi connectivity index (χ4v) is 3.35. The van der Waals surface area contributed by atoms with Gasteiger partial charge >= 0.3 is 5.97 Å². The van der Waals surface area contributed by atoms with Crippen LogP contribution in [0.5, 0.6) is 0 Å². The fourth-order valence-electron chi connectivity index (χ4n) is 2.49. The molecule has 1 fully saturated rings. The van der Waals surface area contributed by atoms with Crippen molar-refractivity contribution < 1.29 is 9.53 Å². The number of aliphatic imine (C=N–C) groups is 1. The van der Waals surface area contributed by atoms with Gasteiger partial charge in [0.05, 0.1) is 5.69 Å². The summed E-state index contributed by atoms with van der Waals surface area (Å²) in [6.07, 6.45) is 3.76. The van der Waals surface area contributed by atoms with E-state index in [2.05, 4.69) is 4.90 Å². The highest BCUT2D eigenvalue weighted by molar-refractivity contribution is 8.13. The number of amidine groups is 1. The molecule has 0 unspecified atom stereocenters. The number of ether oxygens (including phenoxy) is 1. The van der Waals surface area contributed by atoms with E-state index in [4.69, 9.17) is 21.3 Å². The number of benzene rings is 1. The number of halogens is 1. The number of carbonyl (C=O) groups is 1. The lowest BCUT2D eigenvalue weighted by molar-refractivity contribution is -0.147. The number of nitrogens with zero attached hydrogens (tertiary/aromatic N) is 2. The molecule has 0 bridgehead atoms. The lowest BCUT2D eigenvalue weighted by atomic mass is 10.1. The third kappa shape index (κ3) is 4.65. The molecular formula is C16H21ClN2O2S. The number of hydrogen-bond donors (Lipinski definition) is 0. The van der Waals surface area contributed by atoms with Gasteiger partial charge in [0.25, 0.3) is 0 Å². The Balaban J connectivity index is 2.06. The van der Waals surface area contributed by atoms with E-state index in [1.54, 1.807) is 11.8 Å². The van der Waals surface area contributed by atoms with Crippen molar-refractivity contribution in [2.24, 2.45) is 4.99 Å². The average molecular weight is 341 g/mol. The molecular weight excluding hydrogens is 320 g/mol. The summed E-state index contributed by atoms with van der Waals surface area (Å²) in [5.74, 6) is -0.200. The summed E-state index contributed by atoms with van der Waals surface area (Å²) in [6, 6.07) is 5.73. The molecule has 120 valence electrons. The van der Waals surface area contributed by atoms with Gasteiger partial charge in [0.1, 0.15) is 6.10 Å². The summed E-state index contributed by atoms with van der Waals surface area (Å²) in [6.45, 7) is 5.18. The van der Waals surface area contributed by atoms with Gasteiger partial charge in [0.2, 0.25) is 0 Å². The van der Waals surface area contributed by atoms with E-state index in [9.17, 15) is 4.79 Å². The van der Waals surface area contributed by atoms with Crippen molar-refractivity contribution in [2.75, 3.05) is 19.3 Å². The maximum atomic E-state index is 11.0. The normalized spacial score (nSPS) is 16.7. The van der Waals surface area contributed by atoms with Crippen molar-refractivity contribution in [1.82, 2.24) is 4.90 Å². The molecule has 0 spiro atoms. The van der Waals surface area contributed by atoms with Crippen LogP contribution < -0.4 is 0 Å². The molecule has 1 saturated heterocycles. The smallest absolute Gasteiger partial charge is 0.302 e. The lowest BCUT2D eigenvalue weighted by Gasteiger charge is -2.33. The van der Waals surface area contributed by atoms with Crippen LogP contribution >= 0.6 is 23.4 Å². The summed E-state index contributed by atoms with van der Waals surface area (Å²) >= 11 is 7.62. The van der Waals surface area contributed by atoms with E-state index in [1.807, 2.05) is 31.4 Å². The zero-order valence-electron chi connectivity index (χ0n) is 13.1. The van der Waals surface area contributed by atoms with E-state index in [0.29, 0.717) is 0 Å². The molecule has 6 heteroatoms. The highest BCUT2D eigenvalue weighted by atomic mass is 35.5. The van der Waals surface area contributed by atoms with Crippen LogP contribution in [0.2, 0.25) is 5.02 Å². The van der Waals surface area contributed by atoms with Gasteiger partial charge in [0, 0.05) is 37.9 Å². The molecule has 0 amide bonds. The van der Waals surface area contributed by atoms with Crippen LogP contribution in [0, 0.1) is 6.92 Å². The number of likely N-dealkylation sites (tertiary alicyclic amines) is 1. The molecule has 1 aliphatic rings. The minimum Gasteiger partial charge on any atom is -0.462 e. The molecule has 0 aromatic heterocycles. The molecule has 0 aliphatic carbocycles. The minimum absolute atomic E-state index is 0.0362. The van der Waals surface area contributed by atoms with Crippen LogP contribution in [-0.2, 0) is 9.53 Å². The maximum absolute atomic E-state index is 11.0. The van der Waals surface area contributed by atoms with Crippen LogP contribution in [-0.4, -0.2) is 41.5 Å². The van der Waals surface area contributed by atoms with Gasteiger partial charge < -0.3 is 9.64 Å². The van der Waals surface area contributed by atoms with Crippen molar-refractivity contribution >= 4 is 40.2 Å². The molecule has 0 saturated carbocycles. The molecule has 1 heterocycles. The molecule has 0 radical (unpaired) electrons. The van der Waals surface area contributed by atoms with E-state index in [-0.39, 0.29) is 12.1 Å². The van der Waals surface area contributed by atoms with E-state index in [0.717, 1.165) is 47.4 Å². The second kappa shape index (κ2) is 7.88. The highest BCUT2D eigenvalue weighted by Gasteiger charge is 2.23. The Hall–Kier alpha value is -1.20. The van der Waals surface area contributed by atoms with Gasteiger partial charge in [-0.3, -0.25) is 4.79 Å². The number of piperidine rings is 1. The quantitative estimate of drug-likeness (QED) is 0.463. The molecule has 4 nitrogen and oxygen atoms in total. The standard InChI is InChI=1S/C16H21ClN2O2S/c1-11-10-13(17)4-5-15(11)18-16(22-3)19-8-6-14(7-9-19)21-12(2)20/h4-5,10,14H,6-9H2,1-3H3. The fraction of sp³-hybridized carbons (Fsp3) is 0.500. The van der Waals surface area contributed by atoms with E-state index in [1.165, 1.54) is 6.92 Å². The summed E-state index contributed by atoms with van der Waals surface area (Å²) < 4.78 is 5.28. The number of thioether (sulfide) groups is 1. The summed E-state index contributed by atoms with van der Waals surface area (Å²) in [5, 5.41) is 1.72. The van der Waals surface area contributed by atoms with Crippen molar-refractivity contribution in [3.8, 4) is 0 Å². The molecule has 1 aliphatic heterocycles. The first-order valence-corrected chi connectivity index (χ1v) is 8.91. The Morgan fingerprint density at radius 1 is 1.41 bits per heavy atom. The second-order valence-corrected chi connectivity index (χ2v) is 6.53. The Morgan fingerprint density at radius 2 is 2.09 bits per heavy atom. The second-order valence-electron chi connectivity index (χ2n) is 5.33. The number of hydrogen-bond acceptors (Lipinski definition) is 4. The zero-order chi connectivity index (χ0) is 16.1. The van der Waals surface area contributed by atoms with Gasteiger partial charge in [-0.2, -0.15) is 0 Å². The SMILES string of the molecule is CSC(=Nc1ccc(Cl)cc1C)N1CCC(OC(C)=O)CC1. The van der Waals surface area contributed by atoms with E-state index >= 15 is 0 Å². The predicted molar refractivity (Wildman–Crippen MR) is 93.2 cm³/mol. The Labute approximate surface area is 140 Å². The monoisotopic (exact) mass is 340 g/mol. The van der Waals surface area contributed by atoms with Gasteiger partial charge in [-0.25, -0.2) is 4.99 Å². The largest absolute Gasteiger partial charge is 0.462 e. The molecule has 2 rings (SSSR count). The average Bonchev–Trinajstić information content (AvgIpc) is 2.47. The third-order valence-corrected chi connectivity index (χ3v) is 4.55. The van der Waals surface area contributed by atoms with Gasteiger partial charge in [-0.05, 0) is 36.9 Å². The topological polar surface area (TPSA) is 41.9 Å². The molecule has 0 atom stereocenters. The van der Waals surface area contributed by atoms with Crippen LogP contribution in [0.3, 0.4) is 0 Å². The first-order chi connectivity index (χ1) is 10.5. The van der Waals surface area contributed by atoms with Gasteiger partial charge in [0.15, 0.2) is 5.17 Å².